The van der Waals surface area contributed by atoms with Crippen LogP contribution in [0.3, 0.4) is 0 Å². The Hall–Kier alpha value is -1.92. The van der Waals surface area contributed by atoms with Gasteiger partial charge in [0.15, 0.2) is 6.61 Å². The summed E-state index contributed by atoms with van der Waals surface area (Å²) in [5, 5.41) is 42.3. The maximum Gasteiger partial charge on any atom is 0.422 e. The molecule has 2 fully saturated rings. The van der Waals surface area contributed by atoms with Gasteiger partial charge in [-0.1, -0.05) is 29.8 Å². The highest BCUT2D eigenvalue weighted by Crippen LogP contribution is 2.51. The zero-order valence-corrected chi connectivity index (χ0v) is 18.8. The molecule has 34 heavy (non-hydrogen) atoms. The second kappa shape index (κ2) is 8.94. The van der Waals surface area contributed by atoms with Gasteiger partial charge in [-0.15, -0.1) is 0 Å². The smallest absolute Gasteiger partial charge is 0.422 e. The highest BCUT2D eigenvalue weighted by Gasteiger charge is 2.68. The fourth-order valence-electron chi connectivity index (χ4n) is 4.32. The number of halogens is 4. The summed E-state index contributed by atoms with van der Waals surface area (Å²) in [5.41, 5.74) is -0.00256. The van der Waals surface area contributed by atoms with E-state index < -0.39 is 48.6 Å². The normalized spacial score (nSPS) is 32.0. The van der Waals surface area contributed by atoms with E-state index in [2.05, 4.69) is 0 Å². The number of hydrogen-bond acceptors (Lipinski definition) is 7. The van der Waals surface area contributed by atoms with E-state index in [1.54, 1.807) is 30.3 Å². The third-order valence-electron chi connectivity index (χ3n) is 6.27. The fourth-order valence-corrected chi connectivity index (χ4v) is 4.51. The summed E-state index contributed by atoms with van der Waals surface area (Å²) in [6.45, 7) is -0.265. The van der Waals surface area contributed by atoms with Gasteiger partial charge in [0.2, 0.25) is 5.79 Å². The van der Waals surface area contributed by atoms with E-state index in [-0.39, 0.29) is 18.8 Å². The second-order valence-electron chi connectivity index (χ2n) is 8.60. The summed E-state index contributed by atoms with van der Waals surface area (Å²) in [6.07, 6.45) is -10.2. The number of aliphatic hydroxyl groups is 4. The molecule has 6 atom stereocenters. The van der Waals surface area contributed by atoms with Gasteiger partial charge in [-0.25, -0.2) is 0 Å². The summed E-state index contributed by atoms with van der Waals surface area (Å²) in [4.78, 5) is 0. The first-order valence-electron chi connectivity index (χ1n) is 10.5. The van der Waals surface area contributed by atoms with Gasteiger partial charge in [0.05, 0.1) is 12.7 Å². The first-order valence-corrected chi connectivity index (χ1v) is 10.9. The van der Waals surface area contributed by atoms with Crippen molar-refractivity contribution in [3.05, 3.63) is 64.2 Å². The second-order valence-corrected chi connectivity index (χ2v) is 9.01. The lowest BCUT2D eigenvalue weighted by atomic mass is 9.81. The van der Waals surface area contributed by atoms with Crippen LogP contribution in [-0.4, -0.2) is 69.8 Å². The largest absolute Gasteiger partial charge is 0.484 e. The molecule has 2 saturated heterocycles. The number of aliphatic hydroxyl groups excluding tert-OH is 4. The van der Waals surface area contributed by atoms with E-state index in [0.29, 0.717) is 16.1 Å². The van der Waals surface area contributed by atoms with Crippen LogP contribution in [0.25, 0.3) is 0 Å². The Morgan fingerprint density at radius 1 is 1.12 bits per heavy atom. The minimum absolute atomic E-state index is 0.0694. The van der Waals surface area contributed by atoms with E-state index in [1.165, 1.54) is 19.1 Å². The van der Waals surface area contributed by atoms with Crippen molar-refractivity contribution >= 4 is 11.6 Å². The van der Waals surface area contributed by atoms with E-state index in [4.69, 9.17) is 25.8 Å². The molecule has 3 unspecified atom stereocenters. The van der Waals surface area contributed by atoms with Crippen LogP contribution in [0.5, 0.6) is 5.75 Å². The van der Waals surface area contributed by atoms with Gasteiger partial charge >= 0.3 is 6.18 Å². The minimum atomic E-state index is -4.44. The lowest BCUT2D eigenvalue weighted by Gasteiger charge is -2.47. The molecule has 2 aromatic carbocycles. The number of hydrogen-bond donors (Lipinski definition) is 4. The standard InChI is InChI=1S/C23H24ClF3O7/c1-12(28)21-10-33-23(34-21,20(31)18(29)19(21)30)15-4-7-17(24)14(9-15)8-13-2-5-16(6-3-13)32-11-22(25,26)27/h2-7,9,12,18-20,28-31H,8,10-11H2,1H3/t12?,18-,19-,20+,21?,23?/m0/s1. The number of rotatable bonds is 6. The summed E-state index contributed by atoms with van der Waals surface area (Å²) >= 11 is 6.36. The van der Waals surface area contributed by atoms with Crippen LogP contribution in [0, 0.1) is 0 Å². The fraction of sp³-hybridized carbons (Fsp3) is 0.478. The Labute approximate surface area is 198 Å². The first-order chi connectivity index (χ1) is 15.9. The summed E-state index contributed by atoms with van der Waals surface area (Å²) in [5.74, 6) is -1.77. The molecule has 0 amide bonds. The molecule has 0 aromatic heterocycles. The number of fused-ring (bicyclic) bond motifs is 2. The van der Waals surface area contributed by atoms with E-state index in [0.717, 1.165) is 5.56 Å². The van der Waals surface area contributed by atoms with Gasteiger partial charge in [0.1, 0.15) is 29.7 Å². The van der Waals surface area contributed by atoms with Crippen molar-refractivity contribution < 1.29 is 47.8 Å². The minimum Gasteiger partial charge on any atom is -0.484 e. The predicted octanol–water partition coefficient (Wildman–Crippen LogP) is 2.29. The number of alkyl halides is 3. The summed E-state index contributed by atoms with van der Waals surface area (Å²) < 4.78 is 53.4. The Morgan fingerprint density at radius 3 is 2.41 bits per heavy atom. The quantitative estimate of drug-likeness (QED) is 0.478. The third-order valence-corrected chi connectivity index (χ3v) is 6.64. The van der Waals surface area contributed by atoms with Crippen molar-refractivity contribution in [2.24, 2.45) is 0 Å². The SMILES string of the molecule is CC(O)C12COC(c3ccc(Cl)c(Cc4ccc(OCC(F)(F)F)cc4)c3)(O1)[C@H](O)[C@@H](O)[C@@H]2O. The zero-order chi connectivity index (χ0) is 24.9. The van der Waals surface area contributed by atoms with Crippen LogP contribution in [0.15, 0.2) is 42.5 Å². The molecule has 0 spiro atoms. The van der Waals surface area contributed by atoms with Gasteiger partial charge in [-0.2, -0.15) is 13.2 Å². The molecular formula is C23H24ClF3O7. The van der Waals surface area contributed by atoms with Gasteiger partial charge in [0.25, 0.3) is 0 Å². The molecule has 0 radical (unpaired) electrons. The predicted molar refractivity (Wildman–Crippen MR) is 113 cm³/mol. The molecule has 186 valence electrons. The van der Waals surface area contributed by atoms with Gasteiger partial charge in [-0.05, 0) is 48.7 Å². The number of benzene rings is 2. The number of ether oxygens (including phenoxy) is 3. The molecule has 2 aromatic rings. The summed E-state index contributed by atoms with van der Waals surface area (Å²) in [6, 6.07) is 10.8. The Balaban J connectivity index is 1.59. The molecule has 7 nitrogen and oxygen atoms in total. The van der Waals surface area contributed by atoms with Crippen LogP contribution in [-0.2, 0) is 21.7 Å². The Bertz CT molecular complexity index is 1030. The van der Waals surface area contributed by atoms with Crippen molar-refractivity contribution in [3.8, 4) is 5.75 Å². The molecule has 2 aliphatic heterocycles. The van der Waals surface area contributed by atoms with Crippen LogP contribution in [0.2, 0.25) is 5.02 Å². The van der Waals surface area contributed by atoms with E-state index in [9.17, 15) is 33.6 Å². The maximum atomic E-state index is 12.3. The zero-order valence-electron chi connectivity index (χ0n) is 18.0. The average molecular weight is 505 g/mol. The van der Waals surface area contributed by atoms with Gasteiger partial charge in [0, 0.05) is 10.6 Å². The maximum absolute atomic E-state index is 12.3. The lowest BCUT2D eigenvalue weighted by Crippen LogP contribution is -2.67. The van der Waals surface area contributed by atoms with Crippen LogP contribution >= 0.6 is 11.6 Å². The Morgan fingerprint density at radius 2 is 1.79 bits per heavy atom. The lowest BCUT2D eigenvalue weighted by molar-refractivity contribution is -0.336. The topological polar surface area (TPSA) is 109 Å². The average Bonchev–Trinajstić information content (AvgIpc) is 3.18. The molecule has 0 saturated carbocycles. The van der Waals surface area contributed by atoms with Crippen molar-refractivity contribution in [1.82, 2.24) is 0 Å². The summed E-state index contributed by atoms with van der Waals surface area (Å²) in [7, 11) is 0. The molecule has 4 rings (SSSR count). The molecular weight excluding hydrogens is 481 g/mol. The first kappa shape index (κ1) is 25.2. The molecule has 2 heterocycles. The highest BCUT2D eigenvalue weighted by molar-refractivity contribution is 6.31. The van der Waals surface area contributed by atoms with E-state index in [1.807, 2.05) is 0 Å². The van der Waals surface area contributed by atoms with Crippen LogP contribution in [0.1, 0.15) is 23.6 Å². The third kappa shape index (κ3) is 4.39. The monoisotopic (exact) mass is 504 g/mol. The van der Waals surface area contributed by atoms with Crippen molar-refractivity contribution in [1.29, 1.82) is 0 Å². The molecule has 11 heteroatoms. The molecule has 2 aliphatic rings. The van der Waals surface area contributed by atoms with Crippen molar-refractivity contribution in [2.45, 2.75) is 55.3 Å². The van der Waals surface area contributed by atoms with Crippen LogP contribution in [0.4, 0.5) is 13.2 Å². The Kier molecular flexibility index (Phi) is 6.62. The van der Waals surface area contributed by atoms with Gasteiger partial charge < -0.3 is 34.6 Å². The molecule has 0 aliphatic carbocycles. The van der Waals surface area contributed by atoms with E-state index >= 15 is 0 Å². The van der Waals surface area contributed by atoms with Crippen molar-refractivity contribution in [2.75, 3.05) is 13.2 Å². The molecule has 4 N–H and O–H groups in total. The molecule has 2 bridgehead atoms. The highest BCUT2D eigenvalue weighted by atomic mass is 35.5. The van der Waals surface area contributed by atoms with Crippen LogP contribution < -0.4 is 4.74 Å². The van der Waals surface area contributed by atoms with Gasteiger partial charge in [-0.3, -0.25) is 0 Å². The van der Waals surface area contributed by atoms with Crippen molar-refractivity contribution in [3.63, 3.8) is 0 Å².